The number of rotatable bonds is 4. The minimum atomic E-state index is -3.62. The Bertz CT molecular complexity index is 314. The zero-order valence-corrected chi connectivity index (χ0v) is 9.72. The van der Waals surface area contributed by atoms with Crippen molar-refractivity contribution in [3.8, 4) is 0 Å². The molecule has 0 N–H and O–H groups in total. The van der Waals surface area contributed by atoms with Crippen molar-refractivity contribution in [2.75, 3.05) is 0 Å². The number of halogens is 5. The normalized spacial score (nSPS) is 13.9. The van der Waals surface area contributed by atoms with Gasteiger partial charge in [-0.25, -0.2) is 4.39 Å². The maximum atomic E-state index is 12.8. The third-order valence-corrected chi connectivity index (χ3v) is 3.28. The highest BCUT2D eigenvalue weighted by Crippen LogP contribution is 2.41. The second-order valence-corrected chi connectivity index (χ2v) is 4.61. The Hall–Kier alpha value is -0.0600. The van der Waals surface area contributed by atoms with Crippen LogP contribution in [0.3, 0.4) is 0 Å². The lowest BCUT2D eigenvalue weighted by Gasteiger charge is -2.15. The zero-order chi connectivity index (χ0) is 11.5. The highest BCUT2D eigenvalue weighted by Gasteiger charge is 2.40. The second kappa shape index (κ2) is 5.32. The van der Waals surface area contributed by atoms with E-state index in [1.54, 1.807) is 12.1 Å². The van der Waals surface area contributed by atoms with Crippen LogP contribution in [0.2, 0.25) is 0 Å². The summed E-state index contributed by atoms with van der Waals surface area (Å²) in [6, 6.07) is 6.12. The first-order chi connectivity index (χ1) is 6.95. The molecule has 1 aromatic rings. The summed E-state index contributed by atoms with van der Waals surface area (Å²) in [7, 11) is 0. The molecule has 0 nitrogen and oxygen atoms in total. The average molecular weight is 275 g/mol. The fraction of sp³-hybridized carbons (Fsp3) is 0.333. The standard InChI is InChI=1S/C9H7Cl2F3S/c10-5-6-1-3-7(4-2-6)15-9(13,14)8(11)12/h1-4,8H,5H2/t8-/m0/s1. The second-order valence-electron chi connectivity index (χ2n) is 2.74. The van der Waals surface area contributed by atoms with Crippen LogP contribution in [0.5, 0.6) is 0 Å². The highest BCUT2D eigenvalue weighted by atomic mass is 35.5. The first kappa shape index (κ1) is 13.0. The van der Waals surface area contributed by atoms with Crippen molar-refractivity contribution >= 4 is 35.0 Å². The molecule has 0 aliphatic heterocycles. The molecule has 0 aliphatic carbocycles. The summed E-state index contributed by atoms with van der Waals surface area (Å²) in [6.07, 6.45) is 0. The van der Waals surface area contributed by atoms with Gasteiger partial charge in [0.2, 0.25) is 5.63 Å². The van der Waals surface area contributed by atoms with E-state index in [1.165, 1.54) is 12.1 Å². The number of thioether (sulfide) groups is 1. The van der Waals surface area contributed by atoms with Crippen molar-refractivity contribution in [2.45, 2.75) is 21.7 Å². The van der Waals surface area contributed by atoms with Crippen molar-refractivity contribution in [3.05, 3.63) is 29.8 Å². The molecular formula is C9H7Cl2F3S. The van der Waals surface area contributed by atoms with Gasteiger partial charge in [0.05, 0.1) is 0 Å². The van der Waals surface area contributed by atoms with E-state index < -0.39 is 10.9 Å². The SMILES string of the molecule is F[C@H](Cl)C(F)(F)Sc1ccc(CCl)cc1. The molecule has 0 unspecified atom stereocenters. The Kier molecular flexibility index (Phi) is 4.62. The van der Waals surface area contributed by atoms with Crippen LogP contribution in [-0.2, 0) is 5.88 Å². The van der Waals surface area contributed by atoms with Crippen LogP contribution in [0.4, 0.5) is 13.2 Å². The average Bonchev–Trinajstić information content (AvgIpc) is 2.18. The molecule has 0 saturated heterocycles. The van der Waals surface area contributed by atoms with Crippen LogP contribution in [-0.4, -0.2) is 10.9 Å². The van der Waals surface area contributed by atoms with E-state index in [2.05, 4.69) is 0 Å². The summed E-state index contributed by atoms with van der Waals surface area (Å²) in [4.78, 5) is 0.247. The van der Waals surface area contributed by atoms with Crippen molar-refractivity contribution in [1.82, 2.24) is 0 Å². The molecule has 1 atom stereocenters. The third-order valence-electron chi connectivity index (χ3n) is 1.59. The lowest BCUT2D eigenvalue weighted by atomic mass is 10.2. The zero-order valence-electron chi connectivity index (χ0n) is 7.39. The van der Waals surface area contributed by atoms with Crippen molar-refractivity contribution in [2.24, 2.45) is 0 Å². The van der Waals surface area contributed by atoms with E-state index in [4.69, 9.17) is 23.2 Å². The van der Waals surface area contributed by atoms with Gasteiger partial charge in [-0.3, -0.25) is 0 Å². The van der Waals surface area contributed by atoms with E-state index in [0.717, 1.165) is 5.56 Å². The van der Waals surface area contributed by atoms with Crippen LogP contribution in [0, 0.1) is 0 Å². The van der Waals surface area contributed by atoms with Crippen molar-refractivity contribution < 1.29 is 13.2 Å². The quantitative estimate of drug-likeness (QED) is 0.569. The van der Waals surface area contributed by atoms with Crippen molar-refractivity contribution in [1.29, 1.82) is 0 Å². The van der Waals surface area contributed by atoms with Crippen LogP contribution >= 0.6 is 35.0 Å². The monoisotopic (exact) mass is 274 g/mol. The van der Waals surface area contributed by atoms with Gasteiger partial charge in [-0.1, -0.05) is 23.7 Å². The number of alkyl halides is 5. The maximum absolute atomic E-state index is 12.8. The van der Waals surface area contributed by atoms with Gasteiger partial charge in [0, 0.05) is 10.8 Å². The van der Waals surface area contributed by atoms with Gasteiger partial charge < -0.3 is 0 Å². The highest BCUT2D eigenvalue weighted by molar-refractivity contribution is 8.00. The summed E-state index contributed by atoms with van der Waals surface area (Å²) in [6.45, 7) is 0. The molecule has 0 aliphatic rings. The summed E-state index contributed by atoms with van der Waals surface area (Å²) in [5, 5.41) is -3.62. The van der Waals surface area contributed by atoms with Crippen LogP contribution in [0.15, 0.2) is 29.2 Å². The fourth-order valence-electron chi connectivity index (χ4n) is 0.848. The van der Waals surface area contributed by atoms with E-state index in [0.29, 0.717) is 5.88 Å². The van der Waals surface area contributed by atoms with Gasteiger partial charge in [-0.05, 0) is 29.5 Å². The lowest BCUT2D eigenvalue weighted by Crippen LogP contribution is -2.20. The first-order valence-electron chi connectivity index (χ1n) is 3.95. The lowest BCUT2D eigenvalue weighted by molar-refractivity contribution is 0.0537. The Labute approximate surface area is 99.8 Å². The maximum Gasteiger partial charge on any atom is 0.342 e. The Morgan fingerprint density at radius 3 is 2.20 bits per heavy atom. The van der Waals surface area contributed by atoms with E-state index in [1.807, 2.05) is 0 Å². The molecule has 0 radical (unpaired) electrons. The van der Waals surface area contributed by atoms with Gasteiger partial charge in [-0.2, -0.15) is 8.78 Å². The predicted octanol–water partition coefficient (Wildman–Crippen LogP) is 4.64. The topological polar surface area (TPSA) is 0 Å². The smallest absolute Gasteiger partial charge is 0.222 e. The molecule has 0 bridgehead atoms. The minimum absolute atomic E-state index is 0.0898. The molecule has 0 heterocycles. The van der Waals surface area contributed by atoms with Gasteiger partial charge in [-0.15, -0.1) is 11.6 Å². The van der Waals surface area contributed by atoms with E-state index >= 15 is 0 Å². The van der Waals surface area contributed by atoms with Gasteiger partial charge >= 0.3 is 5.25 Å². The minimum Gasteiger partial charge on any atom is -0.222 e. The molecule has 84 valence electrons. The van der Waals surface area contributed by atoms with Crippen LogP contribution < -0.4 is 0 Å². The summed E-state index contributed by atoms with van der Waals surface area (Å²) >= 11 is 10.3. The molecule has 0 spiro atoms. The van der Waals surface area contributed by atoms with Crippen LogP contribution in [0.25, 0.3) is 0 Å². The van der Waals surface area contributed by atoms with E-state index in [9.17, 15) is 13.2 Å². The number of hydrogen-bond acceptors (Lipinski definition) is 1. The molecule has 1 aromatic carbocycles. The molecule has 0 fully saturated rings. The van der Waals surface area contributed by atoms with Crippen molar-refractivity contribution in [3.63, 3.8) is 0 Å². The first-order valence-corrected chi connectivity index (χ1v) is 5.74. The number of benzene rings is 1. The Morgan fingerprint density at radius 1 is 1.27 bits per heavy atom. The Morgan fingerprint density at radius 2 is 1.80 bits per heavy atom. The van der Waals surface area contributed by atoms with Gasteiger partial charge in [0.25, 0.3) is 0 Å². The largest absolute Gasteiger partial charge is 0.342 e. The predicted molar refractivity (Wildman–Crippen MR) is 57.6 cm³/mol. The summed E-state index contributed by atoms with van der Waals surface area (Å²) in [5.41, 5.74) is -1.89. The molecular weight excluding hydrogens is 268 g/mol. The molecule has 0 saturated carbocycles. The Balaban J connectivity index is 2.73. The molecule has 6 heteroatoms. The van der Waals surface area contributed by atoms with Gasteiger partial charge in [0.1, 0.15) is 0 Å². The molecule has 0 amide bonds. The fourth-order valence-corrected chi connectivity index (χ4v) is 1.84. The molecule has 15 heavy (non-hydrogen) atoms. The number of hydrogen-bond donors (Lipinski definition) is 0. The van der Waals surface area contributed by atoms with Crippen LogP contribution in [0.1, 0.15) is 5.56 Å². The van der Waals surface area contributed by atoms with Gasteiger partial charge in [0.15, 0.2) is 0 Å². The molecule has 0 aromatic heterocycles. The molecule has 1 rings (SSSR count). The summed E-state index contributed by atoms with van der Waals surface area (Å²) in [5.74, 6) is 0.308. The van der Waals surface area contributed by atoms with E-state index in [-0.39, 0.29) is 16.7 Å². The summed E-state index contributed by atoms with van der Waals surface area (Å²) < 4.78 is 38.0. The third kappa shape index (κ3) is 3.78.